The second-order valence-electron chi connectivity index (χ2n) is 6.09. The molecule has 140 valence electrons. The van der Waals surface area contributed by atoms with E-state index in [4.69, 9.17) is 14.6 Å². The van der Waals surface area contributed by atoms with Crippen molar-refractivity contribution in [3.8, 4) is 5.75 Å². The van der Waals surface area contributed by atoms with Crippen molar-refractivity contribution < 1.29 is 24.2 Å². The first kappa shape index (κ1) is 18.9. The van der Waals surface area contributed by atoms with E-state index in [-0.39, 0.29) is 31.1 Å². The minimum Gasteiger partial charge on any atom is -0.494 e. The number of carbonyl (C=O) groups excluding carboxylic acids is 2. The number of carbonyl (C=O) groups is 2. The summed E-state index contributed by atoms with van der Waals surface area (Å²) in [6.45, 7) is 3.36. The van der Waals surface area contributed by atoms with E-state index in [2.05, 4.69) is 0 Å². The van der Waals surface area contributed by atoms with Crippen LogP contribution in [0.4, 0.5) is 0 Å². The highest BCUT2D eigenvalue weighted by Gasteiger charge is 2.40. The Morgan fingerprint density at radius 1 is 1.27 bits per heavy atom. The molecule has 0 aliphatic carbocycles. The van der Waals surface area contributed by atoms with E-state index in [1.165, 1.54) is 16.7 Å². The van der Waals surface area contributed by atoms with Gasteiger partial charge in [-0.05, 0) is 37.5 Å². The number of rotatable bonds is 8. The molecule has 0 spiro atoms. The lowest BCUT2D eigenvalue weighted by Gasteiger charge is -2.19. The maximum Gasteiger partial charge on any atom is 0.268 e. The molecule has 1 aromatic rings. The molecule has 0 radical (unpaired) electrons. The maximum atomic E-state index is 13.0. The van der Waals surface area contributed by atoms with Gasteiger partial charge in [-0.15, -0.1) is 11.8 Å². The molecule has 0 aromatic heterocycles. The lowest BCUT2D eigenvalue weighted by molar-refractivity contribution is -0.138. The van der Waals surface area contributed by atoms with E-state index in [0.717, 1.165) is 18.6 Å². The van der Waals surface area contributed by atoms with Gasteiger partial charge in [-0.1, -0.05) is 12.1 Å². The SMILES string of the molecule is CCOc1ccc(C2=C(SCCO)C(=O)N(CC3CCCO3)C2=O)cc1. The predicted octanol–water partition coefficient (Wildman–Crippen LogP) is 2.07. The molecule has 2 aliphatic rings. The fourth-order valence-corrected chi connectivity index (χ4v) is 4.01. The molecule has 2 heterocycles. The number of ether oxygens (including phenoxy) is 2. The number of benzene rings is 1. The van der Waals surface area contributed by atoms with Crippen LogP contribution in [0.3, 0.4) is 0 Å². The lowest BCUT2D eigenvalue weighted by atomic mass is 10.1. The number of hydrogen-bond acceptors (Lipinski definition) is 6. The van der Waals surface area contributed by atoms with Crippen molar-refractivity contribution >= 4 is 29.1 Å². The van der Waals surface area contributed by atoms with Crippen LogP contribution < -0.4 is 4.74 Å². The molecule has 2 amide bonds. The standard InChI is InChI=1S/C19H23NO5S/c1-2-24-14-7-5-13(6-8-14)16-17(26-11-9-21)19(23)20(18(16)22)12-15-4-3-10-25-15/h5-8,15,21H,2-4,9-12H2,1H3. The molecular formula is C19H23NO5S. The van der Waals surface area contributed by atoms with Gasteiger partial charge < -0.3 is 14.6 Å². The normalized spacial score (nSPS) is 20.4. The number of aliphatic hydroxyl groups is 1. The summed E-state index contributed by atoms with van der Waals surface area (Å²) in [5, 5.41) is 9.14. The average molecular weight is 377 g/mol. The zero-order chi connectivity index (χ0) is 18.5. The summed E-state index contributed by atoms with van der Waals surface area (Å²) in [7, 11) is 0. The predicted molar refractivity (Wildman–Crippen MR) is 99.8 cm³/mol. The highest BCUT2D eigenvalue weighted by molar-refractivity contribution is 8.04. The van der Waals surface area contributed by atoms with Gasteiger partial charge in [0, 0.05) is 12.4 Å². The number of amides is 2. The highest BCUT2D eigenvalue weighted by atomic mass is 32.2. The van der Waals surface area contributed by atoms with Gasteiger partial charge in [0.1, 0.15) is 5.75 Å². The molecule has 1 unspecified atom stereocenters. The van der Waals surface area contributed by atoms with Crippen molar-refractivity contribution in [1.29, 1.82) is 0 Å². The minimum atomic E-state index is -0.298. The van der Waals surface area contributed by atoms with Crippen LogP contribution in [-0.2, 0) is 14.3 Å². The molecular weight excluding hydrogens is 354 g/mol. The third-order valence-corrected chi connectivity index (χ3v) is 5.38. The minimum absolute atomic E-state index is 0.0576. The third kappa shape index (κ3) is 3.95. The number of aliphatic hydroxyl groups excluding tert-OH is 1. The molecule has 1 saturated heterocycles. The molecule has 7 heteroatoms. The molecule has 3 rings (SSSR count). The van der Waals surface area contributed by atoms with Crippen LogP contribution >= 0.6 is 11.8 Å². The van der Waals surface area contributed by atoms with Crippen LogP contribution in [0.2, 0.25) is 0 Å². The molecule has 26 heavy (non-hydrogen) atoms. The number of nitrogens with zero attached hydrogens (tertiary/aromatic N) is 1. The molecule has 1 fully saturated rings. The summed E-state index contributed by atoms with van der Waals surface area (Å²) >= 11 is 1.22. The van der Waals surface area contributed by atoms with Crippen molar-refractivity contribution in [1.82, 2.24) is 4.90 Å². The fraction of sp³-hybridized carbons (Fsp3) is 0.474. The van der Waals surface area contributed by atoms with Crippen molar-refractivity contribution in [3.63, 3.8) is 0 Å². The third-order valence-electron chi connectivity index (χ3n) is 4.33. The molecule has 6 nitrogen and oxygen atoms in total. The van der Waals surface area contributed by atoms with Gasteiger partial charge in [-0.25, -0.2) is 0 Å². The largest absolute Gasteiger partial charge is 0.494 e. The number of hydrogen-bond donors (Lipinski definition) is 1. The van der Waals surface area contributed by atoms with E-state index in [1.54, 1.807) is 24.3 Å². The highest BCUT2D eigenvalue weighted by Crippen LogP contribution is 2.37. The van der Waals surface area contributed by atoms with Gasteiger partial charge in [0.25, 0.3) is 11.8 Å². The van der Waals surface area contributed by atoms with E-state index in [9.17, 15) is 9.59 Å². The van der Waals surface area contributed by atoms with Gasteiger partial charge in [0.05, 0.1) is 36.3 Å². The number of thioether (sulfide) groups is 1. The monoisotopic (exact) mass is 377 g/mol. The van der Waals surface area contributed by atoms with Crippen LogP contribution in [0.15, 0.2) is 29.2 Å². The molecule has 1 atom stereocenters. The van der Waals surface area contributed by atoms with Gasteiger partial charge in [-0.2, -0.15) is 0 Å². The first-order valence-corrected chi connectivity index (χ1v) is 9.83. The Bertz CT molecular complexity index is 694. The second kappa shape index (κ2) is 8.70. The Balaban J connectivity index is 1.87. The van der Waals surface area contributed by atoms with Gasteiger partial charge in [0.15, 0.2) is 0 Å². The van der Waals surface area contributed by atoms with E-state index in [0.29, 0.717) is 35.0 Å². The Labute approximate surface area is 157 Å². The Kier molecular flexibility index (Phi) is 6.34. The van der Waals surface area contributed by atoms with Crippen molar-refractivity contribution in [3.05, 3.63) is 34.7 Å². The maximum absolute atomic E-state index is 13.0. The summed E-state index contributed by atoms with van der Waals surface area (Å²) < 4.78 is 11.0. The van der Waals surface area contributed by atoms with Crippen molar-refractivity contribution in [2.75, 3.05) is 32.1 Å². The molecule has 2 aliphatic heterocycles. The Morgan fingerprint density at radius 2 is 2.04 bits per heavy atom. The fourth-order valence-electron chi connectivity index (χ4n) is 3.13. The van der Waals surface area contributed by atoms with Crippen molar-refractivity contribution in [2.45, 2.75) is 25.9 Å². The Morgan fingerprint density at radius 3 is 2.65 bits per heavy atom. The number of imide groups is 1. The Hall–Kier alpha value is -1.83. The van der Waals surface area contributed by atoms with Crippen LogP contribution in [0.25, 0.3) is 5.57 Å². The molecule has 0 saturated carbocycles. The summed E-state index contributed by atoms with van der Waals surface area (Å²) in [6, 6.07) is 7.17. The van der Waals surface area contributed by atoms with E-state index < -0.39 is 0 Å². The zero-order valence-corrected chi connectivity index (χ0v) is 15.6. The first-order valence-electron chi connectivity index (χ1n) is 8.84. The van der Waals surface area contributed by atoms with Gasteiger partial charge >= 0.3 is 0 Å². The zero-order valence-electron chi connectivity index (χ0n) is 14.8. The van der Waals surface area contributed by atoms with E-state index in [1.807, 2.05) is 6.92 Å². The topological polar surface area (TPSA) is 76.1 Å². The second-order valence-corrected chi connectivity index (χ2v) is 7.19. The summed E-state index contributed by atoms with van der Waals surface area (Å²) in [5.74, 6) is 0.486. The van der Waals surface area contributed by atoms with Crippen LogP contribution in [0, 0.1) is 0 Å². The summed E-state index contributed by atoms with van der Waals surface area (Å²) in [5.41, 5.74) is 1.08. The molecule has 0 bridgehead atoms. The summed E-state index contributed by atoms with van der Waals surface area (Å²) in [4.78, 5) is 27.5. The smallest absolute Gasteiger partial charge is 0.268 e. The molecule has 1 aromatic carbocycles. The average Bonchev–Trinajstić information content (AvgIpc) is 3.24. The first-order chi connectivity index (χ1) is 12.7. The van der Waals surface area contributed by atoms with Gasteiger partial charge in [-0.3, -0.25) is 14.5 Å². The van der Waals surface area contributed by atoms with Crippen LogP contribution in [-0.4, -0.2) is 60.0 Å². The van der Waals surface area contributed by atoms with E-state index >= 15 is 0 Å². The lowest BCUT2D eigenvalue weighted by Crippen LogP contribution is -2.37. The van der Waals surface area contributed by atoms with Crippen LogP contribution in [0.1, 0.15) is 25.3 Å². The van der Waals surface area contributed by atoms with Gasteiger partial charge in [0.2, 0.25) is 0 Å². The van der Waals surface area contributed by atoms with Crippen molar-refractivity contribution in [2.24, 2.45) is 0 Å². The quantitative estimate of drug-likeness (QED) is 0.699. The van der Waals surface area contributed by atoms with Crippen LogP contribution in [0.5, 0.6) is 5.75 Å². The molecule has 1 N–H and O–H groups in total. The summed E-state index contributed by atoms with van der Waals surface area (Å²) in [6.07, 6.45) is 1.72.